The van der Waals surface area contributed by atoms with Crippen molar-refractivity contribution in [1.82, 2.24) is 14.5 Å². The quantitative estimate of drug-likeness (QED) is 0.178. The lowest BCUT2D eigenvalue weighted by Gasteiger charge is -2.10. The van der Waals surface area contributed by atoms with Crippen LogP contribution in [0.3, 0.4) is 0 Å². The molecule has 0 radical (unpaired) electrons. The Kier molecular flexibility index (Phi) is 4.93. The molecule has 0 aliphatic rings. The van der Waals surface area contributed by atoms with Gasteiger partial charge in [0, 0.05) is 36.3 Å². The Morgan fingerprint density at radius 3 is 1.80 bits per heavy atom. The molecule has 11 rings (SSSR count). The number of hydrogen-bond donors (Lipinski definition) is 0. The first-order valence-electron chi connectivity index (χ1n) is 15.2. The molecule has 0 unspecified atom stereocenters. The van der Waals surface area contributed by atoms with Crippen LogP contribution in [0.25, 0.3) is 101 Å². The van der Waals surface area contributed by atoms with E-state index in [0.717, 1.165) is 26.8 Å². The van der Waals surface area contributed by atoms with Gasteiger partial charge in [-0.1, -0.05) is 127 Å². The van der Waals surface area contributed by atoms with Gasteiger partial charge in [-0.15, -0.1) is 22.7 Å². The second kappa shape index (κ2) is 9.02. The highest BCUT2D eigenvalue weighted by molar-refractivity contribution is 7.28. The summed E-state index contributed by atoms with van der Waals surface area (Å²) in [6, 6.07) is 43.5. The molecule has 0 saturated carbocycles. The third-order valence-electron chi connectivity index (χ3n) is 9.49. The first kappa shape index (κ1) is 25.2. The summed E-state index contributed by atoms with van der Waals surface area (Å²) in [5, 5.41) is 13.9. The molecular weight excluding hydrogens is 622 g/mol. The van der Waals surface area contributed by atoms with Crippen molar-refractivity contribution in [1.29, 1.82) is 0 Å². The van der Waals surface area contributed by atoms with E-state index in [2.05, 4.69) is 126 Å². The van der Waals surface area contributed by atoms with Crippen molar-refractivity contribution >= 4 is 129 Å². The average molecular weight is 642 g/mol. The second-order valence-electron chi connectivity index (χ2n) is 11.8. The van der Waals surface area contributed by atoms with Gasteiger partial charge in [0.25, 0.3) is 0 Å². The van der Waals surface area contributed by atoms with Gasteiger partial charge < -0.3 is 0 Å². The van der Waals surface area contributed by atoms with E-state index in [-0.39, 0.29) is 0 Å². The summed E-state index contributed by atoms with van der Waals surface area (Å²) in [4.78, 5) is 11.3. The van der Waals surface area contributed by atoms with Crippen LogP contribution >= 0.6 is 34.3 Å². The van der Waals surface area contributed by atoms with E-state index in [1.165, 1.54) is 68.0 Å². The van der Waals surface area contributed by atoms with Crippen molar-refractivity contribution in [3.63, 3.8) is 0 Å². The highest BCUT2D eigenvalue weighted by Gasteiger charge is 2.25. The number of benzene rings is 7. The SMILES string of the molecule is Clc1nc2sc3c4ccccc4ccc3c2nc1-n1c2ccccc2c2c3ccccc3c3c4ccc5ccccc5c4sc3c21. The molecule has 0 aliphatic heterocycles. The van der Waals surface area contributed by atoms with Gasteiger partial charge in [-0.3, -0.25) is 4.57 Å². The summed E-state index contributed by atoms with van der Waals surface area (Å²) < 4.78 is 5.99. The molecule has 0 bridgehead atoms. The van der Waals surface area contributed by atoms with E-state index in [1.807, 2.05) is 11.3 Å². The van der Waals surface area contributed by atoms with Gasteiger partial charge in [0.15, 0.2) is 11.0 Å². The predicted molar refractivity (Wildman–Crippen MR) is 200 cm³/mol. The zero-order chi connectivity index (χ0) is 30.1. The van der Waals surface area contributed by atoms with Crippen LogP contribution in [0.15, 0.2) is 121 Å². The fourth-order valence-corrected chi connectivity index (χ4v) is 10.3. The molecule has 0 atom stereocenters. The standard InChI is InChI=1S/C40H20ClN3S2/c41-38-39(42-33-29-20-18-22-10-2-4-12-24(22)36(29)46-40(33)43-38)44-30-16-8-7-15-27(30)31-25-13-5-6-14-26(25)32-28-19-17-21-9-1-3-11-23(21)35(28)45-37(32)34(31)44/h1-20H. The molecule has 11 aromatic rings. The maximum absolute atomic E-state index is 7.18. The summed E-state index contributed by atoms with van der Waals surface area (Å²) in [7, 11) is 0. The minimum absolute atomic E-state index is 0.402. The molecule has 4 aromatic heterocycles. The van der Waals surface area contributed by atoms with Crippen LogP contribution in [0, 0.1) is 0 Å². The number of hydrogen-bond acceptors (Lipinski definition) is 4. The van der Waals surface area contributed by atoms with Crippen molar-refractivity contribution in [2.75, 3.05) is 0 Å². The summed E-state index contributed by atoms with van der Waals surface area (Å²) in [6.07, 6.45) is 0. The molecule has 0 N–H and O–H groups in total. The number of fused-ring (bicyclic) bond motifs is 17. The molecule has 7 aromatic carbocycles. The molecule has 46 heavy (non-hydrogen) atoms. The lowest BCUT2D eigenvalue weighted by atomic mass is 9.98. The van der Waals surface area contributed by atoms with Crippen LogP contribution in [-0.2, 0) is 0 Å². The smallest absolute Gasteiger partial charge is 0.176 e. The largest absolute Gasteiger partial charge is 0.290 e. The predicted octanol–water partition coefficient (Wildman–Crippen LogP) is 12.4. The van der Waals surface area contributed by atoms with Crippen LogP contribution in [0.2, 0.25) is 5.15 Å². The Hall–Kier alpha value is -5.07. The molecule has 214 valence electrons. The molecule has 3 nitrogen and oxygen atoms in total. The Balaban J connectivity index is 1.37. The van der Waals surface area contributed by atoms with Crippen molar-refractivity contribution in [3.8, 4) is 5.82 Å². The maximum atomic E-state index is 7.18. The van der Waals surface area contributed by atoms with Crippen LogP contribution in [0.4, 0.5) is 0 Å². The number of para-hydroxylation sites is 1. The first-order valence-corrected chi connectivity index (χ1v) is 17.2. The average Bonchev–Trinajstić information content (AvgIpc) is 3.78. The number of rotatable bonds is 1. The van der Waals surface area contributed by atoms with Gasteiger partial charge in [-0.25, -0.2) is 9.97 Å². The highest BCUT2D eigenvalue weighted by atomic mass is 35.5. The summed E-state index contributed by atoms with van der Waals surface area (Å²) in [6.45, 7) is 0. The van der Waals surface area contributed by atoms with Crippen molar-refractivity contribution in [2.24, 2.45) is 0 Å². The fraction of sp³-hybridized carbons (Fsp3) is 0. The number of nitrogens with zero attached hydrogens (tertiary/aromatic N) is 3. The third-order valence-corrected chi connectivity index (χ3v) is 12.1. The number of thiophene rings is 2. The Bertz CT molecular complexity index is 3110. The minimum Gasteiger partial charge on any atom is -0.290 e. The molecule has 6 heteroatoms. The molecule has 0 saturated heterocycles. The lowest BCUT2D eigenvalue weighted by molar-refractivity contribution is 1.09. The first-order chi connectivity index (χ1) is 22.7. The van der Waals surface area contributed by atoms with Gasteiger partial charge in [0.2, 0.25) is 0 Å². The van der Waals surface area contributed by atoms with E-state index in [4.69, 9.17) is 21.6 Å². The summed E-state index contributed by atoms with van der Waals surface area (Å²) >= 11 is 10.7. The van der Waals surface area contributed by atoms with E-state index in [9.17, 15) is 0 Å². The molecule has 0 amide bonds. The van der Waals surface area contributed by atoms with Gasteiger partial charge >= 0.3 is 0 Å². The van der Waals surface area contributed by atoms with Crippen LogP contribution < -0.4 is 0 Å². The van der Waals surface area contributed by atoms with Gasteiger partial charge in [0.1, 0.15) is 10.3 Å². The molecule has 0 aliphatic carbocycles. The zero-order valence-electron chi connectivity index (χ0n) is 24.1. The van der Waals surface area contributed by atoms with Gasteiger partial charge in [-0.2, -0.15) is 0 Å². The zero-order valence-corrected chi connectivity index (χ0v) is 26.5. The lowest BCUT2D eigenvalue weighted by Crippen LogP contribution is -2.00. The summed E-state index contributed by atoms with van der Waals surface area (Å²) in [5.74, 6) is 0.659. The van der Waals surface area contributed by atoms with Crippen molar-refractivity contribution < 1.29 is 0 Å². The Morgan fingerprint density at radius 2 is 1.07 bits per heavy atom. The van der Waals surface area contributed by atoms with Crippen molar-refractivity contribution in [2.45, 2.75) is 0 Å². The van der Waals surface area contributed by atoms with E-state index < -0.39 is 0 Å². The fourth-order valence-electron chi connectivity index (χ4n) is 7.54. The van der Waals surface area contributed by atoms with Crippen LogP contribution in [-0.4, -0.2) is 14.5 Å². The monoisotopic (exact) mass is 641 g/mol. The van der Waals surface area contributed by atoms with E-state index in [0.29, 0.717) is 11.0 Å². The van der Waals surface area contributed by atoms with Crippen LogP contribution in [0.1, 0.15) is 0 Å². The molecular formula is C40H20ClN3S2. The maximum Gasteiger partial charge on any atom is 0.176 e. The molecule has 0 spiro atoms. The van der Waals surface area contributed by atoms with E-state index >= 15 is 0 Å². The third kappa shape index (κ3) is 3.17. The van der Waals surface area contributed by atoms with Gasteiger partial charge in [-0.05, 0) is 38.4 Å². The normalized spacial score (nSPS) is 12.5. The Labute approximate surface area is 274 Å². The molecule has 4 heterocycles. The van der Waals surface area contributed by atoms with E-state index in [1.54, 1.807) is 11.3 Å². The number of halogens is 1. The molecule has 0 fully saturated rings. The highest BCUT2D eigenvalue weighted by Crippen LogP contribution is 2.49. The van der Waals surface area contributed by atoms with Crippen LogP contribution in [0.5, 0.6) is 0 Å². The second-order valence-corrected chi connectivity index (χ2v) is 14.2. The minimum atomic E-state index is 0.402. The number of aromatic nitrogens is 3. The summed E-state index contributed by atoms with van der Waals surface area (Å²) in [5.41, 5.74) is 3.08. The topological polar surface area (TPSA) is 30.7 Å². The van der Waals surface area contributed by atoms with Gasteiger partial charge in [0.05, 0.1) is 15.7 Å². The van der Waals surface area contributed by atoms with Crippen molar-refractivity contribution in [3.05, 3.63) is 126 Å². The Morgan fingerprint density at radius 1 is 0.478 bits per heavy atom.